The molecule has 1 aliphatic rings. The van der Waals surface area contributed by atoms with Gasteiger partial charge in [0.25, 0.3) is 0 Å². The van der Waals surface area contributed by atoms with Crippen molar-refractivity contribution in [3.8, 4) is 0 Å². The SMILES string of the molecule is C=C1C=C(NCCc2c[nH]c3cc(C)c(C)c(C)c23)C(=O)C(C)C1C. The summed E-state index contributed by atoms with van der Waals surface area (Å²) in [5.74, 6) is 0.419. The molecule has 0 bridgehead atoms. The van der Waals surface area contributed by atoms with Crippen LogP contribution in [0, 0.1) is 32.6 Å². The third kappa shape index (κ3) is 3.04. The van der Waals surface area contributed by atoms with Crippen molar-refractivity contribution in [3.63, 3.8) is 0 Å². The molecule has 3 rings (SSSR count). The molecule has 0 aliphatic heterocycles. The molecule has 1 aliphatic carbocycles. The summed E-state index contributed by atoms with van der Waals surface area (Å²) in [5, 5.41) is 4.66. The number of hydrogen-bond acceptors (Lipinski definition) is 2. The van der Waals surface area contributed by atoms with Gasteiger partial charge in [0.15, 0.2) is 5.78 Å². The van der Waals surface area contributed by atoms with Gasteiger partial charge in [0.2, 0.25) is 0 Å². The topological polar surface area (TPSA) is 44.9 Å². The Balaban J connectivity index is 1.76. The zero-order valence-corrected chi connectivity index (χ0v) is 15.9. The number of Topliss-reactive ketones (excluding diaryl/α,β-unsaturated/α-hetero) is 1. The first-order valence-corrected chi connectivity index (χ1v) is 9.06. The predicted molar refractivity (Wildman–Crippen MR) is 105 cm³/mol. The van der Waals surface area contributed by atoms with Gasteiger partial charge in [-0.1, -0.05) is 20.4 Å². The van der Waals surface area contributed by atoms with E-state index in [1.165, 1.54) is 33.2 Å². The molecule has 2 aromatic rings. The number of rotatable bonds is 4. The van der Waals surface area contributed by atoms with Crippen LogP contribution in [0.25, 0.3) is 10.9 Å². The van der Waals surface area contributed by atoms with E-state index in [9.17, 15) is 4.79 Å². The van der Waals surface area contributed by atoms with Crippen LogP contribution in [0.3, 0.4) is 0 Å². The molecular weight excluding hydrogens is 308 g/mol. The van der Waals surface area contributed by atoms with Gasteiger partial charge in [-0.2, -0.15) is 0 Å². The van der Waals surface area contributed by atoms with Gasteiger partial charge in [-0.3, -0.25) is 4.79 Å². The van der Waals surface area contributed by atoms with Crippen LogP contribution in [-0.2, 0) is 11.2 Å². The number of allylic oxidation sites excluding steroid dienone is 3. The van der Waals surface area contributed by atoms with Crippen molar-refractivity contribution in [1.29, 1.82) is 0 Å². The van der Waals surface area contributed by atoms with Crippen molar-refractivity contribution in [2.75, 3.05) is 6.54 Å². The van der Waals surface area contributed by atoms with Crippen LogP contribution in [0.15, 0.2) is 36.2 Å². The highest BCUT2D eigenvalue weighted by molar-refractivity contribution is 5.98. The first-order valence-electron chi connectivity index (χ1n) is 9.06. The van der Waals surface area contributed by atoms with E-state index in [-0.39, 0.29) is 17.6 Å². The van der Waals surface area contributed by atoms with Crippen LogP contribution in [0.2, 0.25) is 0 Å². The van der Waals surface area contributed by atoms with Crippen LogP contribution in [0.1, 0.15) is 36.1 Å². The van der Waals surface area contributed by atoms with E-state index < -0.39 is 0 Å². The fourth-order valence-corrected chi connectivity index (χ4v) is 3.70. The lowest BCUT2D eigenvalue weighted by molar-refractivity contribution is -0.120. The first-order chi connectivity index (χ1) is 11.8. The van der Waals surface area contributed by atoms with Gasteiger partial charge in [0.1, 0.15) is 0 Å². The molecule has 2 unspecified atom stereocenters. The van der Waals surface area contributed by atoms with E-state index in [4.69, 9.17) is 0 Å². The quantitative estimate of drug-likeness (QED) is 0.862. The molecule has 0 fully saturated rings. The summed E-state index contributed by atoms with van der Waals surface area (Å²) >= 11 is 0. The van der Waals surface area contributed by atoms with Gasteiger partial charge >= 0.3 is 0 Å². The minimum Gasteiger partial charge on any atom is -0.382 e. The highest BCUT2D eigenvalue weighted by Crippen LogP contribution is 2.29. The minimum absolute atomic E-state index is 0.000887. The van der Waals surface area contributed by atoms with Gasteiger partial charge in [0, 0.05) is 29.6 Å². The lowest BCUT2D eigenvalue weighted by atomic mass is 9.80. The molecule has 0 saturated carbocycles. The van der Waals surface area contributed by atoms with Crippen molar-refractivity contribution in [1.82, 2.24) is 10.3 Å². The molecule has 132 valence electrons. The van der Waals surface area contributed by atoms with E-state index in [0.717, 1.165) is 18.5 Å². The second kappa shape index (κ2) is 6.55. The molecule has 2 atom stereocenters. The monoisotopic (exact) mass is 336 g/mol. The maximum Gasteiger partial charge on any atom is 0.182 e. The van der Waals surface area contributed by atoms with E-state index in [1.54, 1.807) is 0 Å². The summed E-state index contributed by atoms with van der Waals surface area (Å²) in [6, 6.07) is 2.22. The van der Waals surface area contributed by atoms with Crippen LogP contribution >= 0.6 is 0 Å². The van der Waals surface area contributed by atoms with Crippen molar-refractivity contribution in [2.45, 2.75) is 41.0 Å². The number of ketones is 1. The lowest BCUT2D eigenvalue weighted by Crippen LogP contribution is -2.33. The Hall–Kier alpha value is -2.29. The van der Waals surface area contributed by atoms with Gasteiger partial charge in [0.05, 0.1) is 5.70 Å². The van der Waals surface area contributed by atoms with Gasteiger partial charge < -0.3 is 10.3 Å². The number of aromatic amines is 1. The third-order valence-corrected chi connectivity index (χ3v) is 5.94. The van der Waals surface area contributed by atoms with Crippen LogP contribution in [-0.4, -0.2) is 17.3 Å². The average Bonchev–Trinajstić information content (AvgIpc) is 2.98. The van der Waals surface area contributed by atoms with Gasteiger partial charge in [-0.15, -0.1) is 0 Å². The molecule has 3 heteroatoms. The van der Waals surface area contributed by atoms with Crippen molar-refractivity contribution in [2.24, 2.45) is 11.8 Å². The van der Waals surface area contributed by atoms with Gasteiger partial charge in [-0.05, 0) is 73.1 Å². The number of carbonyl (C=O) groups excluding carboxylic acids is 1. The maximum absolute atomic E-state index is 12.4. The molecule has 0 amide bonds. The summed E-state index contributed by atoms with van der Waals surface area (Å²) in [4.78, 5) is 15.8. The smallest absolute Gasteiger partial charge is 0.182 e. The summed E-state index contributed by atoms with van der Waals surface area (Å²) in [6.45, 7) is 15.4. The molecule has 0 spiro atoms. The Kier molecular flexibility index (Phi) is 4.59. The van der Waals surface area contributed by atoms with Crippen molar-refractivity contribution in [3.05, 3.63) is 58.4 Å². The van der Waals surface area contributed by atoms with E-state index >= 15 is 0 Å². The van der Waals surface area contributed by atoms with Crippen molar-refractivity contribution < 1.29 is 4.79 Å². The molecule has 2 N–H and O–H groups in total. The molecule has 1 aromatic carbocycles. The number of fused-ring (bicyclic) bond motifs is 1. The number of nitrogens with one attached hydrogen (secondary N) is 2. The summed E-state index contributed by atoms with van der Waals surface area (Å²) < 4.78 is 0. The normalized spacial score (nSPS) is 20.9. The number of H-pyrrole nitrogens is 1. The maximum atomic E-state index is 12.4. The minimum atomic E-state index is 0.000887. The number of aryl methyl sites for hydroxylation is 2. The van der Waals surface area contributed by atoms with Crippen LogP contribution in [0.4, 0.5) is 0 Å². The van der Waals surface area contributed by atoms with E-state index in [2.05, 4.69) is 56.8 Å². The number of benzene rings is 1. The highest BCUT2D eigenvalue weighted by atomic mass is 16.1. The number of hydrogen-bond donors (Lipinski definition) is 2. The fourth-order valence-electron chi connectivity index (χ4n) is 3.70. The third-order valence-electron chi connectivity index (χ3n) is 5.94. The summed E-state index contributed by atoms with van der Waals surface area (Å²) in [5.41, 5.74) is 8.24. The van der Waals surface area contributed by atoms with Crippen molar-refractivity contribution >= 4 is 16.7 Å². The fraction of sp³-hybridized carbons (Fsp3) is 0.409. The molecule has 3 nitrogen and oxygen atoms in total. The summed E-state index contributed by atoms with van der Waals surface area (Å²) in [6.07, 6.45) is 4.89. The second-order valence-electron chi connectivity index (χ2n) is 7.43. The van der Waals surface area contributed by atoms with Crippen LogP contribution < -0.4 is 5.32 Å². The Morgan fingerprint density at radius 2 is 1.88 bits per heavy atom. The average molecular weight is 336 g/mol. The number of carbonyl (C=O) groups is 1. The predicted octanol–water partition coefficient (Wildman–Crippen LogP) is 4.52. The molecule has 1 heterocycles. The molecule has 1 aromatic heterocycles. The molecular formula is C22H28N2O. The van der Waals surface area contributed by atoms with Crippen LogP contribution in [0.5, 0.6) is 0 Å². The lowest BCUT2D eigenvalue weighted by Gasteiger charge is -2.26. The Morgan fingerprint density at radius 1 is 1.16 bits per heavy atom. The zero-order chi connectivity index (χ0) is 18.3. The number of aromatic nitrogens is 1. The zero-order valence-electron chi connectivity index (χ0n) is 15.9. The van der Waals surface area contributed by atoms with Gasteiger partial charge in [-0.25, -0.2) is 0 Å². The van der Waals surface area contributed by atoms with E-state index in [1.807, 2.05) is 13.0 Å². The Bertz CT molecular complexity index is 885. The Morgan fingerprint density at radius 3 is 2.60 bits per heavy atom. The standard InChI is InChI=1S/C22H28N2O/c1-12-9-19-21(16(5)14(12)3)18(11-24-19)7-8-23-20-10-13(2)15(4)17(6)22(20)25/h9-11,15,17,23-24H,2,7-8H2,1,3-6H3. The molecule has 25 heavy (non-hydrogen) atoms. The largest absolute Gasteiger partial charge is 0.382 e. The first kappa shape index (κ1) is 17.5. The summed E-state index contributed by atoms with van der Waals surface area (Å²) in [7, 11) is 0. The Labute approximate surface area is 150 Å². The second-order valence-corrected chi connectivity index (χ2v) is 7.43. The molecule has 0 radical (unpaired) electrons. The molecule has 0 saturated heterocycles. The highest BCUT2D eigenvalue weighted by Gasteiger charge is 2.29. The van der Waals surface area contributed by atoms with E-state index in [0.29, 0.717) is 5.70 Å².